The van der Waals surface area contributed by atoms with E-state index in [0.717, 1.165) is 10.7 Å². The number of aromatic nitrogens is 2. The van der Waals surface area contributed by atoms with Crippen LogP contribution in [0.2, 0.25) is 5.02 Å². The van der Waals surface area contributed by atoms with E-state index < -0.39 is 18.0 Å². The predicted molar refractivity (Wildman–Crippen MR) is 85.2 cm³/mol. The van der Waals surface area contributed by atoms with E-state index in [9.17, 15) is 18.0 Å². The van der Waals surface area contributed by atoms with Gasteiger partial charge in [0.25, 0.3) is 0 Å². The molecule has 0 aliphatic carbocycles. The van der Waals surface area contributed by atoms with Crippen LogP contribution in [0.15, 0.2) is 23.2 Å². The Balaban J connectivity index is 2.17. The van der Waals surface area contributed by atoms with Gasteiger partial charge in [-0.2, -0.15) is 18.3 Å². The Morgan fingerprint density at radius 1 is 1.36 bits per heavy atom. The van der Waals surface area contributed by atoms with Crippen molar-refractivity contribution < 1.29 is 22.7 Å². The molecular formula is C16H13ClF3N3O2. The highest BCUT2D eigenvalue weighted by atomic mass is 35.5. The molecule has 2 heterocycles. The number of aryl methyl sites for hydroxylation is 2. The Labute approximate surface area is 146 Å². The standard InChI is InChI=1S/C16H13ClF3N3O2/c1-3-23-11(6-13(22-23)16(18,19)20)15-21-14-8(2)4-9(17)5-10(14)12(7-24)25-15/h4-7,12H,3H2,1-2H3. The van der Waals surface area contributed by atoms with Crippen LogP contribution in [0.1, 0.15) is 35.5 Å². The highest BCUT2D eigenvalue weighted by Crippen LogP contribution is 2.38. The first-order chi connectivity index (χ1) is 11.7. The molecule has 1 aromatic carbocycles. The van der Waals surface area contributed by atoms with Crippen molar-refractivity contribution in [2.45, 2.75) is 32.7 Å². The van der Waals surface area contributed by atoms with E-state index in [2.05, 4.69) is 10.1 Å². The van der Waals surface area contributed by atoms with Crippen molar-refractivity contribution in [3.63, 3.8) is 0 Å². The van der Waals surface area contributed by atoms with Crippen LogP contribution >= 0.6 is 11.6 Å². The largest absolute Gasteiger partial charge is 0.460 e. The Bertz CT molecular complexity index is 874. The number of carbonyl (C=O) groups excluding carboxylic acids is 1. The number of halogens is 4. The number of fused-ring (bicyclic) bond motifs is 1. The van der Waals surface area contributed by atoms with Gasteiger partial charge in [0.05, 0.1) is 5.69 Å². The third kappa shape index (κ3) is 3.13. The fourth-order valence-corrected chi connectivity index (χ4v) is 2.91. The number of benzene rings is 1. The number of alkyl halides is 3. The number of hydrogen-bond acceptors (Lipinski definition) is 4. The molecule has 0 amide bonds. The molecule has 0 radical (unpaired) electrons. The maximum Gasteiger partial charge on any atom is 0.435 e. The lowest BCUT2D eigenvalue weighted by molar-refractivity contribution is -0.141. The summed E-state index contributed by atoms with van der Waals surface area (Å²) < 4.78 is 45.5. The van der Waals surface area contributed by atoms with E-state index in [1.807, 2.05) is 0 Å². The van der Waals surface area contributed by atoms with Gasteiger partial charge in [0.2, 0.25) is 5.90 Å². The van der Waals surface area contributed by atoms with E-state index in [0.29, 0.717) is 28.1 Å². The summed E-state index contributed by atoms with van der Waals surface area (Å²) in [5.74, 6) is -0.0835. The molecule has 0 bridgehead atoms. The SMILES string of the molecule is CCn1nc(C(F)(F)F)cc1C1=Nc2c(C)cc(Cl)cc2C(C=O)O1. The fourth-order valence-electron chi connectivity index (χ4n) is 2.63. The van der Waals surface area contributed by atoms with Crippen LogP contribution in [0.25, 0.3) is 0 Å². The Morgan fingerprint density at radius 3 is 2.68 bits per heavy atom. The van der Waals surface area contributed by atoms with Gasteiger partial charge in [-0.1, -0.05) is 11.6 Å². The van der Waals surface area contributed by atoms with E-state index in [-0.39, 0.29) is 18.1 Å². The van der Waals surface area contributed by atoms with E-state index >= 15 is 0 Å². The van der Waals surface area contributed by atoms with Crippen molar-refractivity contribution in [2.75, 3.05) is 0 Å². The average molecular weight is 372 g/mol. The van der Waals surface area contributed by atoms with Gasteiger partial charge in [-0.25, -0.2) is 4.99 Å². The van der Waals surface area contributed by atoms with Crippen molar-refractivity contribution >= 4 is 29.5 Å². The van der Waals surface area contributed by atoms with Crippen LogP contribution in [-0.2, 0) is 22.3 Å². The number of ether oxygens (including phenoxy) is 1. The average Bonchev–Trinajstić information content (AvgIpc) is 2.98. The second-order valence-electron chi connectivity index (χ2n) is 5.48. The topological polar surface area (TPSA) is 56.5 Å². The lowest BCUT2D eigenvalue weighted by Crippen LogP contribution is -2.21. The molecule has 0 N–H and O–H groups in total. The lowest BCUT2D eigenvalue weighted by atomic mass is 10.0. The van der Waals surface area contributed by atoms with Crippen LogP contribution in [-0.4, -0.2) is 22.0 Å². The highest BCUT2D eigenvalue weighted by molar-refractivity contribution is 6.30. The van der Waals surface area contributed by atoms with Gasteiger partial charge in [0.1, 0.15) is 5.69 Å². The molecule has 132 valence electrons. The summed E-state index contributed by atoms with van der Waals surface area (Å²) in [4.78, 5) is 15.7. The lowest BCUT2D eigenvalue weighted by Gasteiger charge is -2.23. The second kappa shape index (κ2) is 6.18. The molecule has 1 aromatic heterocycles. The van der Waals surface area contributed by atoms with E-state index in [4.69, 9.17) is 16.3 Å². The van der Waals surface area contributed by atoms with Crippen LogP contribution in [0.5, 0.6) is 0 Å². The first-order valence-electron chi connectivity index (χ1n) is 7.40. The Hall–Kier alpha value is -2.35. The van der Waals surface area contributed by atoms with Gasteiger partial charge in [0.15, 0.2) is 18.1 Å². The zero-order chi connectivity index (χ0) is 18.4. The molecule has 5 nitrogen and oxygen atoms in total. The summed E-state index contributed by atoms with van der Waals surface area (Å²) in [6, 6.07) is 4.08. The number of rotatable bonds is 3. The monoisotopic (exact) mass is 371 g/mol. The summed E-state index contributed by atoms with van der Waals surface area (Å²) >= 11 is 6.00. The summed E-state index contributed by atoms with van der Waals surface area (Å²) in [5.41, 5.74) is 0.634. The zero-order valence-corrected chi connectivity index (χ0v) is 14.0. The Morgan fingerprint density at radius 2 is 2.08 bits per heavy atom. The second-order valence-corrected chi connectivity index (χ2v) is 5.92. The number of carbonyl (C=O) groups is 1. The zero-order valence-electron chi connectivity index (χ0n) is 13.3. The molecule has 1 unspecified atom stereocenters. The third-order valence-electron chi connectivity index (χ3n) is 3.77. The quantitative estimate of drug-likeness (QED) is 0.758. The molecule has 9 heteroatoms. The molecule has 2 aromatic rings. The minimum Gasteiger partial charge on any atom is -0.460 e. The van der Waals surface area contributed by atoms with Gasteiger partial charge >= 0.3 is 6.18 Å². The van der Waals surface area contributed by atoms with Crippen LogP contribution in [0.3, 0.4) is 0 Å². The first-order valence-corrected chi connectivity index (χ1v) is 7.78. The number of nitrogens with zero attached hydrogens (tertiary/aromatic N) is 3. The number of aldehydes is 1. The molecule has 25 heavy (non-hydrogen) atoms. The highest BCUT2D eigenvalue weighted by Gasteiger charge is 2.36. The minimum absolute atomic E-state index is 0.0571. The smallest absolute Gasteiger partial charge is 0.435 e. The maximum absolute atomic E-state index is 12.9. The number of hydrogen-bond donors (Lipinski definition) is 0. The summed E-state index contributed by atoms with van der Waals surface area (Å²) in [6.07, 6.45) is -5.04. The van der Waals surface area contributed by atoms with Crippen molar-refractivity contribution in [1.82, 2.24) is 9.78 Å². The van der Waals surface area contributed by atoms with E-state index in [1.54, 1.807) is 26.0 Å². The first kappa shape index (κ1) is 17.5. The molecule has 0 fully saturated rings. The normalized spacial score (nSPS) is 16.9. The summed E-state index contributed by atoms with van der Waals surface area (Å²) in [5, 5.41) is 3.96. The molecule has 0 saturated heterocycles. The maximum atomic E-state index is 12.9. The molecule has 3 rings (SSSR count). The van der Waals surface area contributed by atoms with Crippen molar-refractivity contribution in [3.05, 3.63) is 45.7 Å². The predicted octanol–water partition coefficient (Wildman–Crippen LogP) is 4.23. The van der Waals surface area contributed by atoms with Crippen molar-refractivity contribution in [2.24, 2.45) is 4.99 Å². The van der Waals surface area contributed by atoms with Gasteiger partial charge in [0, 0.05) is 23.2 Å². The van der Waals surface area contributed by atoms with Gasteiger partial charge < -0.3 is 4.74 Å². The van der Waals surface area contributed by atoms with Gasteiger partial charge in [-0.3, -0.25) is 9.48 Å². The molecule has 1 aliphatic rings. The molecule has 0 spiro atoms. The summed E-state index contributed by atoms with van der Waals surface area (Å²) in [6.45, 7) is 3.58. The molecule has 1 aliphatic heterocycles. The molecular weight excluding hydrogens is 359 g/mol. The Kier molecular flexibility index (Phi) is 4.32. The van der Waals surface area contributed by atoms with Crippen molar-refractivity contribution in [3.8, 4) is 0 Å². The minimum atomic E-state index is -4.59. The van der Waals surface area contributed by atoms with Crippen LogP contribution in [0.4, 0.5) is 18.9 Å². The van der Waals surface area contributed by atoms with Crippen LogP contribution < -0.4 is 0 Å². The van der Waals surface area contributed by atoms with Crippen LogP contribution in [0, 0.1) is 6.92 Å². The number of aliphatic imine (C=N–C) groups is 1. The third-order valence-corrected chi connectivity index (χ3v) is 3.98. The van der Waals surface area contributed by atoms with E-state index in [1.165, 1.54) is 0 Å². The fraction of sp³-hybridized carbons (Fsp3) is 0.312. The molecule has 0 saturated carbocycles. The van der Waals surface area contributed by atoms with Gasteiger partial charge in [-0.05, 0) is 31.5 Å². The van der Waals surface area contributed by atoms with Crippen molar-refractivity contribution in [1.29, 1.82) is 0 Å². The molecule has 1 atom stereocenters. The summed E-state index contributed by atoms with van der Waals surface area (Å²) in [7, 11) is 0. The van der Waals surface area contributed by atoms with Gasteiger partial charge in [-0.15, -0.1) is 0 Å².